The third kappa shape index (κ3) is 3.82. The van der Waals surface area contributed by atoms with Crippen LogP contribution >= 0.6 is 0 Å². The monoisotopic (exact) mass is 289 g/mol. The number of methoxy groups -OCH3 is 1. The van der Waals surface area contributed by atoms with Gasteiger partial charge in [0.05, 0.1) is 13.0 Å². The average molecular weight is 289 g/mol. The van der Waals surface area contributed by atoms with E-state index >= 15 is 0 Å². The molecule has 0 aliphatic heterocycles. The summed E-state index contributed by atoms with van der Waals surface area (Å²) in [5.74, 6) is 2.52. The standard InChI is InChI=1S/C16H23N3O2/c1-5-14(11(2)17-3)16-18-15(19-21-16)10-12-6-8-13(20-4)9-7-12/h6-9,11,14,17H,5,10H2,1-4H3. The molecule has 1 heterocycles. The lowest BCUT2D eigenvalue weighted by molar-refractivity contribution is 0.320. The van der Waals surface area contributed by atoms with Crippen LogP contribution in [0.4, 0.5) is 0 Å². The predicted octanol–water partition coefficient (Wildman–Crippen LogP) is 2.77. The van der Waals surface area contributed by atoms with Crippen LogP contribution in [0.25, 0.3) is 0 Å². The molecule has 0 fully saturated rings. The van der Waals surface area contributed by atoms with E-state index in [1.807, 2.05) is 31.3 Å². The van der Waals surface area contributed by atoms with Gasteiger partial charge in [0.25, 0.3) is 0 Å². The minimum Gasteiger partial charge on any atom is -0.497 e. The van der Waals surface area contributed by atoms with E-state index in [4.69, 9.17) is 9.26 Å². The highest BCUT2D eigenvalue weighted by atomic mass is 16.5. The molecule has 1 aromatic carbocycles. The van der Waals surface area contributed by atoms with E-state index in [0.717, 1.165) is 23.6 Å². The van der Waals surface area contributed by atoms with Crippen LogP contribution in [0.15, 0.2) is 28.8 Å². The second-order valence-electron chi connectivity index (χ2n) is 5.17. The van der Waals surface area contributed by atoms with Gasteiger partial charge in [-0.05, 0) is 38.1 Å². The summed E-state index contributed by atoms with van der Waals surface area (Å²) in [4.78, 5) is 4.54. The van der Waals surface area contributed by atoms with Crippen molar-refractivity contribution >= 4 is 0 Å². The van der Waals surface area contributed by atoms with E-state index in [9.17, 15) is 0 Å². The first-order valence-electron chi connectivity index (χ1n) is 7.30. The molecule has 5 nitrogen and oxygen atoms in total. The van der Waals surface area contributed by atoms with Gasteiger partial charge in [-0.3, -0.25) is 0 Å². The highest BCUT2D eigenvalue weighted by molar-refractivity contribution is 5.28. The van der Waals surface area contributed by atoms with Crippen molar-refractivity contribution in [2.45, 2.75) is 38.6 Å². The maximum Gasteiger partial charge on any atom is 0.231 e. The van der Waals surface area contributed by atoms with Crippen molar-refractivity contribution in [3.05, 3.63) is 41.5 Å². The zero-order chi connectivity index (χ0) is 15.2. The number of benzene rings is 1. The quantitative estimate of drug-likeness (QED) is 0.849. The number of aromatic nitrogens is 2. The number of hydrogen-bond donors (Lipinski definition) is 1. The summed E-state index contributed by atoms with van der Waals surface area (Å²) >= 11 is 0. The van der Waals surface area contributed by atoms with Gasteiger partial charge in [-0.1, -0.05) is 24.2 Å². The molecule has 114 valence electrons. The second kappa shape index (κ2) is 7.22. The molecule has 2 unspecified atom stereocenters. The lowest BCUT2D eigenvalue weighted by Crippen LogP contribution is -2.28. The SMILES string of the molecule is CCC(c1nc(Cc2ccc(OC)cc2)no1)C(C)NC. The molecular weight excluding hydrogens is 266 g/mol. The van der Waals surface area contributed by atoms with Crippen molar-refractivity contribution in [2.75, 3.05) is 14.2 Å². The van der Waals surface area contributed by atoms with Crippen LogP contribution in [0.3, 0.4) is 0 Å². The van der Waals surface area contributed by atoms with E-state index in [1.54, 1.807) is 7.11 Å². The van der Waals surface area contributed by atoms with Crippen LogP contribution in [-0.4, -0.2) is 30.3 Å². The lowest BCUT2D eigenvalue weighted by atomic mass is 9.98. The van der Waals surface area contributed by atoms with Gasteiger partial charge < -0.3 is 14.6 Å². The van der Waals surface area contributed by atoms with Gasteiger partial charge >= 0.3 is 0 Å². The van der Waals surface area contributed by atoms with Gasteiger partial charge in [-0.2, -0.15) is 4.98 Å². The molecule has 1 N–H and O–H groups in total. The summed E-state index contributed by atoms with van der Waals surface area (Å²) in [7, 11) is 3.61. The summed E-state index contributed by atoms with van der Waals surface area (Å²) in [6.07, 6.45) is 1.63. The first kappa shape index (κ1) is 15.5. The largest absolute Gasteiger partial charge is 0.497 e. The van der Waals surface area contributed by atoms with E-state index in [0.29, 0.717) is 18.4 Å². The highest BCUT2D eigenvalue weighted by Crippen LogP contribution is 2.22. The minimum atomic E-state index is 0.243. The molecule has 0 saturated heterocycles. The van der Waals surface area contributed by atoms with Crippen molar-refractivity contribution in [1.82, 2.24) is 15.5 Å². The molecule has 5 heteroatoms. The number of hydrogen-bond acceptors (Lipinski definition) is 5. The maximum absolute atomic E-state index is 5.43. The zero-order valence-electron chi connectivity index (χ0n) is 13.1. The number of nitrogens with zero attached hydrogens (tertiary/aromatic N) is 2. The lowest BCUT2D eigenvalue weighted by Gasteiger charge is -2.17. The predicted molar refractivity (Wildman–Crippen MR) is 81.7 cm³/mol. The van der Waals surface area contributed by atoms with Crippen LogP contribution in [-0.2, 0) is 6.42 Å². The minimum absolute atomic E-state index is 0.243. The molecule has 0 aliphatic carbocycles. The van der Waals surface area contributed by atoms with Crippen molar-refractivity contribution < 1.29 is 9.26 Å². The van der Waals surface area contributed by atoms with Crippen molar-refractivity contribution in [2.24, 2.45) is 0 Å². The van der Waals surface area contributed by atoms with Crippen LogP contribution in [0.2, 0.25) is 0 Å². The van der Waals surface area contributed by atoms with Gasteiger partial charge in [0.15, 0.2) is 5.82 Å². The molecule has 2 atom stereocenters. The van der Waals surface area contributed by atoms with Crippen molar-refractivity contribution in [1.29, 1.82) is 0 Å². The Morgan fingerprint density at radius 1 is 1.29 bits per heavy atom. The summed E-state index contributed by atoms with van der Waals surface area (Å²) < 4.78 is 10.6. The normalized spacial score (nSPS) is 13.9. The smallest absolute Gasteiger partial charge is 0.231 e. The fourth-order valence-corrected chi connectivity index (χ4v) is 2.36. The van der Waals surface area contributed by atoms with Crippen molar-refractivity contribution in [3.63, 3.8) is 0 Å². The summed E-state index contributed by atoms with van der Waals surface area (Å²) in [6.45, 7) is 4.26. The molecular formula is C16H23N3O2. The molecule has 21 heavy (non-hydrogen) atoms. The van der Waals surface area contributed by atoms with Gasteiger partial charge in [0.2, 0.25) is 5.89 Å². The van der Waals surface area contributed by atoms with Gasteiger partial charge in [0, 0.05) is 12.5 Å². The topological polar surface area (TPSA) is 60.2 Å². The molecule has 2 aromatic rings. The molecule has 1 aromatic heterocycles. The fraction of sp³-hybridized carbons (Fsp3) is 0.500. The Labute approximate surface area is 125 Å². The van der Waals surface area contributed by atoms with Crippen LogP contribution < -0.4 is 10.1 Å². The van der Waals surface area contributed by atoms with E-state index in [-0.39, 0.29) is 5.92 Å². The number of likely N-dealkylation sites (N-methyl/N-ethyl adjacent to an activating group) is 1. The Hall–Kier alpha value is -1.88. The maximum atomic E-state index is 5.43. The Morgan fingerprint density at radius 2 is 2.00 bits per heavy atom. The van der Waals surface area contributed by atoms with Gasteiger partial charge in [-0.25, -0.2) is 0 Å². The van der Waals surface area contributed by atoms with E-state index < -0.39 is 0 Å². The van der Waals surface area contributed by atoms with Crippen LogP contribution in [0.5, 0.6) is 5.75 Å². The Bertz CT molecular complexity index is 551. The summed E-state index contributed by atoms with van der Waals surface area (Å²) in [6, 6.07) is 8.22. The molecule has 0 bridgehead atoms. The van der Waals surface area contributed by atoms with Gasteiger partial charge in [-0.15, -0.1) is 0 Å². The molecule has 0 radical (unpaired) electrons. The van der Waals surface area contributed by atoms with Crippen molar-refractivity contribution in [3.8, 4) is 5.75 Å². The Morgan fingerprint density at radius 3 is 2.57 bits per heavy atom. The van der Waals surface area contributed by atoms with E-state index in [1.165, 1.54) is 0 Å². The molecule has 0 spiro atoms. The molecule has 0 aliphatic rings. The average Bonchev–Trinajstić information content (AvgIpc) is 2.96. The number of ether oxygens (including phenoxy) is 1. The molecule has 0 amide bonds. The number of rotatable bonds is 7. The second-order valence-corrected chi connectivity index (χ2v) is 5.17. The van der Waals surface area contributed by atoms with Gasteiger partial charge in [0.1, 0.15) is 5.75 Å². The van der Waals surface area contributed by atoms with Crippen LogP contribution in [0.1, 0.15) is 43.5 Å². The third-order valence-corrected chi connectivity index (χ3v) is 3.82. The molecule has 0 saturated carbocycles. The van der Waals surface area contributed by atoms with E-state index in [2.05, 4.69) is 29.3 Å². The Balaban J connectivity index is 2.08. The zero-order valence-corrected chi connectivity index (χ0v) is 13.1. The number of nitrogens with one attached hydrogen (secondary N) is 1. The fourth-order valence-electron chi connectivity index (χ4n) is 2.36. The Kier molecular flexibility index (Phi) is 5.33. The highest BCUT2D eigenvalue weighted by Gasteiger charge is 2.22. The first-order valence-corrected chi connectivity index (χ1v) is 7.30. The molecule has 2 rings (SSSR count). The summed E-state index contributed by atoms with van der Waals surface area (Å²) in [5, 5.41) is 7.34. The third-order valence-electron chi connectivity index (χ3n) is 3.82. The first-order chi connectivity index (χ1) is 10.2. The van der Waals surface area contributed by atoms with Crippen LogP contribution in [0, 0.1) is 0 Å². The summed E-state index contributed by atoms with van der Waals surface area (Å²) in [5.41, 5.74) is 1.14.